The fourth-order valence-electron chi connectivity index (χ4n) is 1.43. The molecule has 0 heterocycles. The molecule has 0 aromatic heterocycles. The molecule has 0 bridgehead atoms. The molecular formula is C12H11NO. The van der Waals surface area contributed by atoms with Gasteiger partial charge in [-0.15, -0.1) is 0 Å². The van der Waals surface area contributed by atoms with E-state index in [0.29, 0.717) is 5.57 Å². The average Bonchev–Trinajstić information content (AvgIpc) is 2.69. The predicted molar refractivity (Wildman–Crippen MR) is 56.3 cm³/mol. The zero-order valence-electron chi connectivity index (χ0n) is 8.00. The van der Waals surface area contributed by atoms with E-state index < -0.39 is 0 Å². The van der Waals surface area contributed by atoms with Crippen molar-refractivity contribution in [1.82, 2.24) is 5.32 Å². The van der Waals surface area contributed by atoms with Crippen LogP contribution in [0.2, 0.25) is 0 Å². The Morgan fingerprint density at radius 2 is 2.14 bits per heavy atom. The minimum atomic E-state index is -0.126. The summed E-state index contributed by atoms with van der Waals surface area (Å²) in [5.74, 6) is -0.126. The maximum atomic E-state index is 11.4. The van der Waals surface area contributed by atoms with Gasteiger partial charge in [0.15, 0.2) is 0 Å². The first-order valence-electron chi connectivity index (χ1n) is 4.46. The molecule has 2 nitrogen and oxygen atoms in total. The number of hydrogen-bond acceptors (Lipinski definition) is 1. The Morgan fingerprint density at radius 3 is 2.86 bits per heavy atom. The Hall–Kier alpha value is -1.83. The van der Waals surface area contributed by atoms with E-state index in [1.54, 1.807) is 6.92 Å². The predicted octanol–water partition coefficient (Wildman–Crippen LogP) is 2.00. The molecule has 0 aromatic rings. The first-order valence-corrected chi connectivity index (χ1v) is 4.46. The smallest absolute Gasteiger partial charge is 0.250 e. The second-order valence-electron chi connectivity index (χ2n) is 3.38. The standard InChI is InChI=1S/C12H11NO/c1-8(2)12(14)13-11-7-6-9-4-3-5-10(9)11/h3-7H,1H2,2H3,(H,13,14). The number of fused-ring (bicyclic) bond motifs is 1. The van der Waals surface area contributed by atoms with Gasteiger partial charge in [0.25, 0.3) is 5.91 Å². The maximum Gasteiger partial charge on any atom is 0.250 e. The Morgan fingerprint density at radius 1 is 1.36 bits per heavy atom. The number of amides is 1. The minimum Gasteiger partial charge on any atom is -0.322 e. The van der Waals surface area contributed by atoms with Crippen LogP contribution in [-0.4, -0.2) is 5.91 Å². The fourth-order valence-corrected chi connectivity index (χ4v) is 1.43. The average molecular weight is 185 g/mol. The molecule has 0 spiro atoms. The van der Waals surface area contributed by atoms with Crippen LogP contribution in [-0.2, 0) is 4.79 Å². The van der Waals surface area contributed by atoms with Gasteiger partial charge in [-0.3, -0.25) is 4.79 Å². The second-order valence-corrected chi connectivity index (χ2v) is 3.38. The van der Waals surface area contributed by atoms with Gasteiger partial charge in [-0.05, 0) is 18.6 Å². The molecule has 2 heteroatoms. The molecule has 1 N–H and O–H groups in total. The maximum absolute atomic E-state index is 11.4. The van der Waals surface area contributed by atoms with E-state index in [1.165, 1.54) is 0 Å². The molecule has 70 valence electrons. The van der Waals surface area contributed by atoms with Crippen LogP contribution in [0.5, 0.6) is 0 Å². The SMILES string of the molecule is C=C(C)C(=O)NC1=CC=C2C=CC=C21. The lowest BCUT2D eigenvalue weighted by atomic mass is 10.1. The van der Waals surface area contributed by atoms with Crippen LogP contribution in [0.3, 0.4) is 0 Å². The molecule has 0 radical (unpaired) electrons. The summed E-state index contributed by atoms with van der Waals surface area (Å²) in [5, 5.41) is 2.81. The summed E-state index contributed by atoms with van der Waals surface area (Å²) < 4.78 is 0. The van der Waals surface area contributed by atoms with Gasteiger partial charge in [-0.25, -0.2) is 0 Å². The molecule has 0 saturated carbocycles. The third-order valence-electron chi connectivity index (χ3n) is 2.21. The molecule has 2 aliphatic rings. The Bertz CT molecular complexity index is 433. The number of carbonyl (C=O) groups excluding carboxylic acids is 1. The third kappa shape index (κ3) is 1.35. The summed E-state index contributed by atoms with van der Waals surface area (Å²) in [4.78, 5) is 11.4. The van der Waals surface area contributed by atoms with Crippen molar-refractivity contribution in [1.29, 1.82) is 0 Å². The summed E-state index contributed by atoms with van der Waals surface area (Å²) in [7, 11) is 0. The van der Waals surface area contributed by atoms with Gasteiger partial charge < -0.3 is 5.32 Å². The molecule has 0 fully saturated rings. The fraction of sp³-hybridized carbons (Fsp3) is 0.0833. The van der Waals surface area contributed by atoms with Crippen molar-refractivity contribution >= 4 is 5.91 Å². The highest BCUT2D eigenvalue weighted by Gasteiger charge is 2.17. The van der Waals surface area contributed by atoms with Gasteiger partial charge in [0.05, 0.1) is 0 Å². The van der Waals surface area contributed by atoms with Crippen molar-refractivity contribution in [3.63, 3.8) is 0 Å². The summed E-state index contributed by atoms with van der Waals surface area (Å²) >= 11 is 0. The zero-order valence-corrected chi connectivity index (χ0v) is 8.00. The topological polar surface area (TPSA) is 29.1 Å². The van der Waals surface area contributed by atoms with Crippen molar-refractivity contribution in [3.05, 3.63) is 59.4 Å². The molecule has 0 atom stereocenters. The lowest BCUT2D eigenvalue weighted by molar-refractivity contribution is -0.116. The van der Waals surface area contributed by atoms with Gasteiger partial charge in [0.2, 0.25) is 0 Å². The molecule has 2 aliphatic carbocycles. The highest BCUT2D eigenvalue weighted by Crippen LogP contribution is 2.29. The van der Waals surface area contributed by atoms with E-state index in [0.717, 1.165) is 16.8 Å². The summed E-state index contributed by atoms with van der Waals surface area (Å²) in [6.45, 7) is 5.29. The highest BCUT2D eigenvalue weighted by atomic mass is 16.1. The lowest BCUT2D eigenvalue weighted by Crippen LogP contribution is -2.23. The van der Waals surface area contributed by atoms with E-state index in [1.807, 2.05) is 30.4 Å². The molecule has 2 rings (SSSR count). The summed E-state index contributed by atoms with van der Waals surface area (Å²) in [5.41, 5.74) is 3.62. The van der Waals surface area contributed by atoms with Crippen LogP contribution in [0, 0.1) is 0 Å². The molecule has 0 saturated heterocycles. The molecule has 0 aromatic carbocycles. The summed E-state index contributed by atoms with van der Waals surface area (Å²) in [6, 6.07) is 0. The first-order chi connectivity index (χ1) is 6.68. The van der Waals surface area contributed by atoms with E-state index in [2.05, 4.69) is 11.9 Å². The lowest BCUT2D eigenvalue weighted by Gasteiger charge is -2.07. The molecule has 1 amide bonds. The van der Waals surface area contributed by atoms with Crippen LogP contribution in [0.25, 0.3) is 0 Å². The Kier molecular flexibility index (Phi) is 1.97. The summed E-state index contributed by atoms with van der Waals surface area (Å²) in [6.07, 6.45) is 9.88. The number of hydrogen-bond donors (Lipinski definition) is 1. The van der Waals surface area contributed by atoms with Crippen molar-refractivity contribution in [2.24, 2.45) is 0 Å². The normalized spacial score (nSPS) is 17.1. The van der Waals surface area contributed by atoms with Crippen molar-refractivity contribution < 1.29 is 4.79 Å². The van der Waals surface area contributed by atoms with Crippen LogP contribution in [0.15, 0.2) is 59.4 Å². The van der Waals surface area contributed by atoms with E-state index in [-0.39, 0.29) is 5.91 Å². The van der Waals surface area contributed by atoms with Crippen LogP contribution in [0.1, 0.15) is 6.92 Å². The quantitative estimate of drug-likeness (QED) is 0.655. The van der Waals surface area contributed by atoms with Gasteiger partial charge in [-0.2, -0.15) is 0 Å². The van der Waals surface area contributed by atoms with E-state index in [4.69, 9.17) is 0 Å². The largest absolute Gasteiger partial charge is 0.322 e. The number of allylic oxidation sites excluding steroid dienone is 6. The van der Waals surface area contributed by atoms with Gasteiger partial charge in [0.1, 0.15) is 0 Å². The minimum absolute atomic E-state index is 0.126. The van der Waals surface area contributed by atoms with Gasteiger partial charge >= 0.3 is 0 Å². The van der Waals surface area contributed by atoms with Crippen LogP contribution >= 0.6 is 0 Å². The monoisotopic (exact) mass is 185 g/mol. The Labute approximate surface area is 83.0 Å². The third-order valence-corrected chi connectivity index (χ3v) is 2.21. The molecule has 14 heavy (non-hydrogen) atoms. The number of rotatable bonds is 2. The van der Waals surface area contributed by atoms with Gasteiger partial charge in [0, 0.05) is 16.8 Å². The Balaban J connectivity index is 2.11. The molecule has 0 unspecified atom stereocenters. The van der Waals surface area contributed by atoms with Crippen LogP contribution in [0.4, 0.5) is 0 Å². The van der Waals surface area contributed by atoms with Crippen molar-refractivity contribution in [3.8, 4) is 0 Å². The van der Waals surface area contributed by atoms with Gasteiger partial charge in [-0.1, -0.05) is 30.9 Å². The van der Waals surface area contributed by atoms with Crippen LogP contribution < -0.4 is 5.32 Å². The second kappa shape index (κ2) is 3.14. The number of nitrogens with one attached hydrogen (secondary N) is 1. The van der Waals surface area contributed by atoms with Crippen molar-refractivity contribution in [2.75, 3.05) is 0 Å². The molecule has 0 aliphatic heterocycles. The zero-order chi connectivity index (χ0) is 10.1. The number of carbonyl (C=O) groups is 1. The first kappa shape index (κ1) is 8.75. The van der Waals surface area contributed by atoms with Crippen molar-refractivity contribution in [2.45, 2.75) is 6.92 Å². The highest BCUT2D eigenvalue weighted by molar-refractivity contribution is 5.94. The van der Waals surface area contributed by atoms with E-state index in [9.17, 15) is 4.79 Å². The van der Waals surface area contributed by atoms with E-state index >= 15 is 0 Å². The molecular weight excluding hydrogens is 174 g/mol.